The van der Waals surface area contributed by atoms with Gasteiger partial charge in [0.05, 0.1) is 0 Å². The first-order valence-corrected chi connectivity index (χ1v) is 14.4. The molecule has 6 aromatic rings. The molecule has 0 aliphatic rings. The molecule has 44 heavy (non-hydrogen) atoms. The molecule has 4 aromatic carbocycles. The fourth-order valence-electron chi connectivity index (χ4n) is 5.51. The molecule has 2 radical (unpaired) electrons. The van der Waals surface area contributed by atoms with Gasteiger partial charge in [-0.25, -0.2) is 0 Å². The number of pyridine rings is 2. The van der Waals surface area contributed by atoms with Gasteiger partial charge in [-0.2, -0.15) is 0 Å². The van der Waals surface area contributed by atoms with Gasteiger partial charge in [-0.15, -0.1) is 59.7 Å². The first kappa shape index (κ1) is 33.4. The fraction of sp³-hybridized carbons (Fsp3) is 0.150. The van der Waals surface area contributed by atoms with Crippen molar-refractivity contribution in [2.75, 3.05) is 0 Å². The largest absolute Gasteiger partial charge is 0.305 e. The number of benzene rings is 4. The number of aryl methyl sites for hydroxylation is 2. The second-order valence-electron chi connectivity index (χ2n) is 12.0. The van der Waals surface area contributed by atoms with E-state index in [4.69, 9.17) is 0 Å². The third kappa shape index (κ3) is 7.23. The molecule has 0 bridgehead atoms. The van der Waals surface area contributed by atoms with Crippen molar-refractivity contribution in [1.29, 1.82) is 0 Å². The summed E-state index contributed by atoms with van der Waals surface area (Å²) < 4.78 is 0. The predicted octanol–water partition coefficient (Wildman–Crippen LogP) is 10.3. The van der Waals surface area contributed by atoms with Crippen LogP contribution in [0.2, 0.25) is 0 Å². The van der Waals surface area contributed by atoms with Crippen molar-refractivity contribution in [3.8, 4) is 55.9 Å². The van der Waals surface area contributed by atoms with Gasteiger partial charge in [-0.1, -0.05) is 109 Å². The van der Waals surface area contributed by atoms with Crippen LogP contribution in [-0.4, -0.2) is 9.97 Å². The monoisotopic (exact) mass is 928 g/mol. The molecule has 224 valence electrons. The summed E-state index contributed by atoms with van der Waals surface area (Å²) in [7, 11) is 0. The molecule has 0 atom stereocenters. The molecule has 0 fully saturated rings. The molecule has 6 rings (SSSR count). The van der Waals surface area contributed by atoms with Crippen molar-refractivity contribution in [2.45, 2.75) is 40.0 Å². The Bertz CT molecular complexity index is 1720. The second-order valence-corrected chi connectivity index (χ2v) is 12.0. The van der Waals surface area contributed by atoms with E-state index in [1.165, 1.54) is 38.9 Å². The Kier molecular flexibility index (Phi) is 10.7. The third-order valence-corrected chi connectivity index (χ3v) is 7.64. The van der Waals surface area contributed by atoms with Crippen molar-refractivity contribution in [1.82, 2.24) is 9.97 Å². The fourth-order valence-corrected chi connectivity index (χ4v) is 5.51. The summed E-state index contributed by atoms with van der Waals surface area (Å²) in [6.45, 7) is 11.2. The van der Waals surface area contributed by atoms with E-state index in [0.717, 1.165) is 33.6 Å². The van der Waals surface area contributed by atoms with Gasteiger partial charge < -0.3 is 9.97 Å². The zero-order valence-corrected chi connectivity index (χ0v) is 30.3. The van der Waals surface area contributed by atoms with Crippen molar-refractivity contribution in [3.63, 3.8) is 0 Å². The molecular formula is C40H34Ir2N2-2. The Balaban J connectivity index is 0.00000221. The van der Waals surface area contributed by atoms with E-state index < -0.39 is 0 Å². The third-order valence-electron chi connectivity index (χ3n) is 7.64. The Hall–Kier alpha value is -3.52. The molecule has 2 aromatic heterocycles. The van der Waals surface area contributed by atoms with E-state index in [2.05, 4.69) is 123 Å². The van der Waals surface area contributed by atoms with Crippen molar-refractivity contribution < 1.29 is 40.2 Å². The Morgan fingerprint density at radius 2 is 1.02 bits per heavy atom. The van der Waals surface area contributed by atoms with Gasteiger partial charge >= 0.3 is 0 Å². The van der Waals surface area contributed by atoms with Gasteiger partial charge in [0.1, 0.15) is 0 Å². The van der Waals surface area contributed by atoms with E-state index in [1.54, 1.807) is 0 Å². The summed E-state index contributed by atoms with van der Waals surface area (Å²) in [6, 6.07) is 43.4. The minimum absolute atomic E-state index is 0. The van der Waals surface area contributed by atoms with E-state index >= 15 is 0 Å². The number of hydrogen-bond donors (Lipinski definition) is 0. The summed E-state index contributed by atoms with van der Waals surface area (Å²) in [5, 5.41) is 0. The van der Waals surface area contributed by atoms with E-state index in [-0.39, 0.29) is 45.6 Å². The second kappa shape index (κ2) is 14.1. The maximum absolute atomic E-state index is 4.53. The van der Waals surface area contributed by atoms with Crippen LogP contribution in [0, 0.1) is 26.0 Å². The van der Waals surface area contributed by atoms with Crippen LogP contribution < -0.4 is 0 Å². The van der Waals surface area contributed by atoms with E-state index in [9.17, 15) is 0 Å². The molecule has 0 unspecified atom stereocenters. The van der Waals surface area contributed by atoms with Crippen LogP contribution in [0.25, 0.3) is 55.9 Å². The van der Waals surface area contributed by atoms with Gasteiger partial charge in [0.15, 0.2) is 0 Å². The summed E-state index contributed by atoms with van der Waals surface area (Å²) in [4.78, 5) is 9.05. The van der Waals surface area contributed by atoms with Gasteiger partial charge in [-0.05, 0) is 59.5 Å². The molecule has 0 N–H and O–H groups in total. The molecule has 0 saturated carbocycles. The average Bonchev–Trinajstić information content (AvgIpc) is 3.00. The van der Waals surface area contributed by atoms with Gasteiger partial charge in [0, 0.05) is 52.6 Å². The molecule has 2 nitrogen and oxygen atoms in total. The predicted molar refractivity (Wildman–Crippen MR) is 175 cm³/mol. The minimum Gasteiger partial charge on any atom is -0.305 e. The average molecular weight is 927 g/mol. The van der Waals surface area contributed by atoms with E-state index in [1.807, 2.05) is 48.8 Å². The molecule has 0 aliphatic heterocycles. The van der Waals surface area contributed by atoms with Crippen molar-refractivity contribution in [2.24, 2.45) is 0 Å². The number of rotatable bonds is 5. The van der Waals surface area contributed by atoms with Crippen LogP contribution in [0.5, 0.6) is 0 Å². The minimum atomic E-state index is -0.0419. The Morgan fingerprint density at radius 3 is 1.39 bits per heavy atom. The maximum atomic E-state index is 4.53. The van der Waals surface area contributed by atoms with Gasteiger partial charge in [0.25, 0.3) is 0 Å². The Labute approximate surface area is 288 Å². The van der Waals surface area contributed by atoms with Crippen LogP contribution in [-0.2, 0) is 45.6 Å². The van der Waals surface area contributed by atoms with Crippen LogP contribution in [0.1, 0.15) is 37.5 Å². The van der Waals surface area contributed by atoms with Gasteiger partial charge in [0.2, 0.25) is 0 Å². The normalized spacial score (nSPS) is 10.9. The first-order valence-electron chi connectivity index (χ1n) is 14.4. The van der Waals surface area contributed by atoms with Crippen LogP contribution >= 0.6 is 0 Å². The molecule has 0 aliphatic carbocycles. The summed E-state index contributed by atoms with van der Waals surface area (Å²) in [5.74, 6) is 0. The van der Waals surface area contributed by atoms with Crippen LogP contribution in [0.3, 0.4) is 0 Å². The summed E-state index contributed by atoms with van der Waals surface area (Å²) in [5.41, 5.74) is 14.6. The summed E-state index contributed by atoms with van der Waals surface area (Å²) in [6.07, 6.45) is 3.65. The number of nitrogens with zero attached hydrogens (tertiary/aromatic N) is 2. The van der Waals surface area contributed by atoms with Crippen LogP contribution in [0.4, 0.5) is 0 Å². The molecule has 2 heterocycles. The molecule has 4 heteroatoms. The molecule has 0 spiro atoms. The number of hydrogen-bond acceptors (Lipinski definition) is 2. The van der Waals surface area contributed by atoms with Gasteiger partial charge in [-0.3, -0.25) is 0 Å². The molecular weight excluding hydrogens is 893 g/mol. The first-order chi connectivity index (χ1) is 20.3. The standard InChI is InChI=1S/C40H34N2.2Ir/c1-27-22-28(2)24-33(23-27)39-35(29-12-16-31(17-13-29)37-10-6-8-20-41-37)25-34(40(3,4)5)26-36(39)30-14-18-32(19-15-30)38-11-7-9-21-42-38;;/h6-16,18,20-26H,1-5H3;;/q-2;;. The van der Waals surface area contributed by atoms with E-state index in [0.29, 0.717) is 0 Å². The smallest absolute Gasteiger partial charge is 0.0160 e. The zero-order valence-electron chi connectivity index (χ0n) is 25.5. The van der Waals surface area contributed by atoms with Crippen molar-refractivity contribution in [3.05, 3.63) is 144 Å². The molecule has 0 amide bonds. The topological polar surface area (TPSA) is 25.8 Å². The zero-order chi connectivity index (χ0) is 29.3. The summed E-state index contributed by atoms with van der Waals surface area (Å²) >= 11 is 0. The quantitative estimate of drug-likeness (QED) is 0.161. The van der Waals surface area contributed by atoms with Crippen LogP contribution in [0.15, 0.2) is 116 Å². The maximum Gasteiger partial charge on any atom is 0.0160 e. The number of aromatic nitrogens is 2. The Morgan fingerprint density at radius 1 is 0.545 bits per heavy atom. The SMILES string of the molecule is Cc1cc(C)cc(-c2c(-c3c[c-]c(-c4ccccn4)cc3)cc(C(C)(C)C)cc2-c2c[c-]c(-c3ccccn3)cc2)c1.[Ir].[Ir]. The van der Waals surface area contributed by atoms with Crippen molar-refractivity contribution >= 4 is 0 Å². The molecule has 0 saturated heterocycles.